The van der Waals surface area contributed by atoms with Gasteiger partial charge in [0.25, 0.3) is 0 Å². The van der Waals surface area contributed by atoms with Crippen LogP contribution in [0.3, 0.4) is 0 Å². The third kappa shape index (κ3) is 2.36. The second-order valence-electron chi connectivity index (χ2n) is 2.73. The Balaban J connectivity index is 3.05. The zero-order valence-corrected chi connectivity index (χ0v) is 7.28. The quantitative estimate of drug-likeness (QED) is 0.398. The minimum atomic E-state index is 0.220. The summed E-state index contributed by atoms with van der Waals surface area (Å²) in [6.45, 7) is 2.12. The van der Waals surface area contributed by atoms with Crippen LogP contribution < -0.4 is 0 Å². The van der Waals surface area contributed by atoms with Crippen molar-refractivity contribution in [2.45, 2.75) is 13.5 Å². The molecule has 66 valence electrons. The van der Waals surface area contributed by atoms with Crippen LogP contribution >= 0.6 is 0 Å². The SMILES string of the molecule is Cc1ccc(CN=C=O)c(C=O)c1. The lowest BCUT2D eigenvalue weighted by atomic mass is 10.1. The van der Waals surface area contributed by atoms with E-state index in [2.05, 4.69) is 4.99 Å². The molecule has 0 aliphatic rings. The summed E-state index contributed by atoms with van der Waals surface area (Å²) in [5.41, 5.74) is 2.35. The van der Waals surface area contributed by atoms with E-state index in [1.54, 1.807) is 12.1 Å². The Morgan fingerprint density at radius 1 is 1.54 bits per heavy atom. The first kappa shape index (κ1) is 9.36. The number of benzene rings is 1. The lowest BCUT2D eigenvalue weighted by Gasteiger charge is -2.00. The number of rotatable bonds is 3. The Bertz CT molecular complexity index is 365. The molecule has 3 heteroatoms. The van der Waals surface area contributed by atoms with Crippen molar-refractivity contribution in [3.8, 4) is 0 Å². The molecule has 0 aliphatic carbocycles. The molecular weight excluding hydrogens is 166 g/mol. The van der Waals surface area contributed by atoms with Gasteiger partial charge in [-0.2, -0.15) is 0 Å². The average Bonchev–Trinajstić information content (AvgIpc) is 2.16. The van der Waals surface area contributed by atoms with Crippen LogP contribution in [0.15, 0.2) is 23.2 Å². The maximum absolute atomic E-state index is 10.6. The Kier molecular flexibility index (Phi) is 3.12. The normalized spacial score (nSPS) is 9.00. The predicted molar refractivity (Wildman–Crippen MR) is 48.4 cm³/mol. The number of carbonyl (C=O) groups is 1. The van der Waals surface area contributed by atoms with Gasteiger partial charge in [-0.25, -0.2) is 9.79 Å². The number of hydrogen-bond donors (Lipinski definition) is 0. The van der Waals surface area contributed by atoms with Gasteiger partial charge in [-0.1, -0.05) is 17.7 Å². The number of aliphatic imine (C=N–C) groups is 1. The van der Waals surface area contributed by atoms with E-state index >= 15 is 0 Å². The monoisotopic (exact) mass is 175 g/mol. The van der Waals surface area contributed by atoms with Gasteiger partial charge in [0.1, 0.15) is 6.29 Å². The predicted octanol–water partition coefficient (Wildman–Crippen LogP) is 1.64. The maximum atomic E-state index is 10.6. The van der Waals surface area contributed by atoms with Crippen LogP contribution in [0.4, 0.5) is 0 Å². The van der Waals surface area contributed by atoms with Crippen LogP contribution in [0, 0.1) is 6.92 Å². The van der Waals surface area contributed by atoms with Gasteiger partial charge in [-0.15, -0.1) is 0 Å². The van der Waals surface area contributed by atoms with E-state index in [-0.39, 0.29) is 6.54 Å². The zero-order valence-electron chi connectivity index (χ0n) is 7.28. The van der Waals surface area contributed by atoms with E-state index in [1.165, 1.54) is 6.08 Å². The van der Waals surface area contributed by atoms with Crippen molar-refractivity contribution in [1.82, 2.24) is 0 Å². The molecule has 0 saturated heterocycles. The van der Waals surface area contributed by atoms with E-state index in [9.17, 15) is 9.59 Å². The molecule has 0 amide bonds. The van der Waals surface area contributed by atoms with Crippen molar-refractivity contribution in [3.63, 3.8) is 0 Å². The molecule has 0 N–H and O–H groups in total. The lowest BCUT2D eigenvalue weighted by molar-refractivity contribution is 0.112. The minimum absolute atomic E-state index is 0.220. The second kappa shape index (κ2) is 4.33. The molecule has 0 heterocycles. The molecule has 0 saturated carbocycles. The molecule has 3 nitrogen and oxygen atoms in total. The number of hydrogen-bond acceptors (Lipinski definition) is 3. The van der Waals surface area contributed by atoms with Gasteiger partial charge < -0.3 is 0 Å². The van der Waals surface area contributed by atoms with Crippen LogP contribution in [-0.4, -0.2) is 12.4 Å². The topological polar surface area (TPSA) is 46.5 Å². The summed E-state index contributed by atoms with van der Waals surface area (Å²) in [6.07, 6.45) is 2.21. The fourth-order valence-corrected chi connectivity index (χ4v) is 1.09. The smallest absolute Gasteiger partial charge is 0.235 e. The highest BCUT2D eigenvalue weighted by Gasteiger charge is 2.00. The van der Waals surface area contributed by atoms with Crippen LogP contribution in [0.5, 0.6) is 0 Å². The van der Waals surface area contributed by atoms with Crippen molar-refractivity contribution < 1.29 is 9.59 Å². The molecule has 0 aromatic heterocycles. The van der Waals surface area contributed by atoms with Gasteiger partial charge in [0, 0.05) is 5.56 Å². The van der Waals surface area contributed by atoms with Crippen molar-refractivity contribution in [2.24, 2.45) is 4.99 Å². The number of aryl methyl sites for hydroxylation is 1. The third-order valence-corrected chi connectivity index (χ3v) is 1.74. The molecule has 1 rings (SSSR count). The number of carbonyl (C=O) groups excluding carboxylic acids is 2. The van der Waals surface area contributed by atoms with E-state index in [0.29, 0.717) is 5.56 Å². The summed E-state index contributed by atoms with van der Waals surface area (Å²) in [7, 11) is 0. The van der Waals surface area contributed by atoms with Crippen molar-refractivity contribution in [1.29, 1.82) is 0 Å². The van der Waals surface area contributed by atoms with Crippen molar-refractivity contribution >= 4 is 12.4 Å². The summed E-state index contributed by atoms with van der Waals surface area (Å²) in [4.78, 5) is 23.9. The molecule has 0 radical (unpaired) electrons. The largest absolute Gasteiger partial charge is 0.298 e. The fourth-order valence-electron chi connectivity index (χ4n) is 1.09. The summed E-state index contributed by atoms with van der Waals surface area (Å²) in [6, 6.07) is 5.44. The minimum Gasteiger partial charge on any atom is -0.298 e. The summed E-state index contributed by atoms with van der Waals surface area (Å²) >= 11 is 0. The fraction of sp³-hybridized carbons (Fsp3) is 0.200. The van der Waals surface area contributed by atoms with E-state index < -0.39 is 0 Å². The van der Waals surface area contributed by atoms with Crippen LogP contribution in [-0.2, 0) is 11.3 Å². The molecule has 0 bridgehead atoms. The number of aldehydes is 1. The third-order valence-electron chi connectivity index (χ3n) is 1.74. The Morgan fingerprint density at radius 3 is 2.92 bits per heavy atom. The number of nitrogens with zero attached hydrogens (tertiary/aromatic N) is 1. The van der Waals surface area contributed by atoms with Crippen LogP contribution in [0.25, 0.3) is 0 Å². The standard InChI is InChI=1S/C10H9NO2/c1-8-2-3-9(5-11-7-13)10(4-8)6-12/h2-4,6H,5H2,1H3. The van der Waals surface area contributed by atoms with Crippen LogP contribution in [0.1, 0.15) is 21.5 Å². The van der Waals surface area contributed by atoms with E-state index in [0.717, 1.165) is 17.4 Å². The van der Waals surface area contributed by atoms with Gasteiger partial charge in [0.15, 0.2) is 0 Å². The molecule has 13 heavy (non-hydrogen) atoms. The van der Waals surface area contributed by atoms with Gasteiger partial charge >= 0.3 is 0 Å². The molecule has 0 spiro atoms. The first-order valence-corrected chi connectivity index (χ1v) is 3.86. The zero-order chi connectivity index (χ0) is 9.68. The summed E-state index contributed by atoms with van der Waals surface area (Å²) in [5, 5.41) is 0. The molecule has 1 aromatic carbocycles. The molecular formula is C10H9NO2. The van der Waals surface area contributed by atoms with Crippen molar-refractivity contribution in [3.05, 3.63) is 34.9 Å². The Morgan fingerprint density at radius 2 is 2.31 bits per heavy atom. The van der Waals surface area contributed by atoms with Gasteiger partial charge in [-0.05, 0) is 18.6 Å². The first-order chi connectivity index (χ1) is 6.27. The van der Waals surface area contributed by atoms with Gasteiger partial charge in [0.05, 0.1) is 6.54 Å². The lowest BCUT2D eigenvalue weighted by Crippen LogP contribution is -1.91. The van der Waals surface area contributed by atoms with Crippen LogP contribution in [0.2, 0.25) is 0 Å². The summed E-state index contributed by atoms with van der Waals surface area (Å²) < 4.78 is 0. The highest BCUT2D eigenvalue weighted by Crippen LogP contribution is 2.10. The first-order valence-electron chi connectivity index (χ1n) is 3.86. The second-order valence-corrected chi connectivity index (χ2v) is 2.73. The van der Waals surface area contributed by atoms with Gasteiger partial charge in [0.2, 0.25) is 6.08 Å². The highest BCUT2D eigenvalue weighted by atomic mass is 16.1. The maximum Gasteiger partial charge on any atom is 0.235 e. The Hall–Kier alpha value is -1.73. The molecule has 1 aromatic rings. The molecule has 0 unspecified atom stereocenters. The van der Waals surface area contributed by atoms with Crippen molar-refractivity contribution in [2.75, 3.05) is 0 Å². The Labute approximate surface area is 76.1 Å². The molecule has 0 atom stereocenters. The van der Waals surface area contributed by atoms with Gasteiger partial charge in [-0.3, -0.25) is 4.79 Å². The highest BCUT2D eigenvalue weighted by molar-refractivity contribution is 5.77. The summed E-state index contributed by atoms with van der Waals surface area (Å²) in [5.74, 6) is 0. The molecule has 0 fully saturated rings. The van der Waals surface area contributed by atoms with E-state index in [4.69, 9.17) is 0 Å². The number of isocyanates is 1. The molecule has 0 aliphatic heterocycles. The van der Waals surface area contributed by atoms with E-state index in [1.807, 2.05) is 13.0 Å². The average molecular weight is 175 g/mol.